The Labute approximate surface area is 144 Å². The molecular weight excluding hydrogens is 329 g/mol. The van der Waals surface area contributed by atoms with Crippen LogP contribution in [0.3, 0.4) is 0 Å². The van der Waals surface area contributed by atoms with Crippen molar-refractivity contribution in [2.75, 3.05) is 26.9 Å². The number of hydrogen-bond donors (Lipinski definition) is 0. The molecule has 2 heterocycles. The monoisotopic (exact) mass is 349 g/mol. The summed E-state index contributed by atoms with van der Waals surface area (Å²) in [6.07, 6.45) is 0. The summed E-state index contributed by atoms with van der Waals surface area (Å²) < 4.78 is 30.0. The maximum absolute atomic E-state index is 13.6. The third-order valence-corrected chi connectivity index (χ3v) is 4.02. The zero-order valence-corrected chi connectivity index (χ0v) is 14.4. The molecule has 1 aromatic carbocycles. The van der Waals surface area contributed by atoms with Gasteiger partial charge in [0, 0.05) is 12.5 Å². The minimum absolute atomic E-state index is 0.0817. The van der Waals surface area contributed by atoms with Crippen LogP contribution in [0.2, 0.25) is 0 Å². The molecule has 0 radical (unpaired) electrons. The van der Waals surface area contributed by atoms with Gasteiger partial charge in [0.15, 0.2) is 0 Å². The fourth-order valence-electron chi connectivity index (χ4n) is 2.67. The van der Waals surface area contributed by atoms with E-state index in [4.69, 9.17) is 13.9 Å². The predicted molar refractivity (Wildman–Crippen MR) is 85.9 cm³/mol. The Morgan fingerprint density at radius 3 is 2.88 bits per heavy atom. The van der Waals surface area contributed by atoms with E-state index in [2.05, 4.69) is 10.2 Å². The predicted octanol–water partition coefficient (Wildman–Crippen LogP) is 2.55. The third kappa shape index (κ3) is 3.48. The molecule has 1 unspecified atom stereocenters. The highest BCUT2D eigenvalue weighted by molar-refractivity contribution is 5.97. The van der Waals surface area contributed by atoms with Gasteiger partial charge >= 0.3 is 0 Å². The lowest BCUT2D eigenvalue weighted by atomic mass is 10.1. The summed E-state index contributed by atoms with van der Waals surface area (Å²) in [7, 11) is 1.44. The van der Waals surface area contributed by atoms with Crippen molar-refractivity contribution in [3.8, 4) is 5.75 Å². The molecule has 1 atom stereocenters. The van der Waals surface area contributed by atoms with Crippen LogP contribution >= 0.6 is 0 Å². The molecular formula is C17H20FN3O4. The SMILES string of the molecule is COc1ccc(F)cc1C(=O)N1CCOCC1c1nnc(C(C)C)o1. The molecule has 1 aliphatic heterocycles. The topological polar surface area (TPSA) is 77.7 Å². The van der Waals surface area contributed by atoms with Gasteiger partial charge in [-0.1, -0.05) is 13.8 Å². The van der Waals surface area contributed by atoms with Crippen molar-refractivity contribution in [3.05, 3.63) is 41.4 Å². The van der Waals surface area contributed by atoms with Crippen LogP contribution in [0.4, 0.5) is 4.39 Å². The Bertz CT molecular complexity index is 762. The number of aromatic nitrogens is 2. The zero-order chi connectivity index (χ0) is 18.0. The van der Waals surface area contributed by atoms with Crippen molar-refractivity contribution in [1.29, 1.82) is 0 Å². The minimum Gasteiger partial charge on any atom is -0.496 e. The van der Waals surface area contributed by atoms with Crippen molar-refractivity contribution in [3.63, 3.8) is 0 Å². The first kappa shape index (κ1) is 17.3. The zero-order valence-electron chi connectivity index (χ0n) is 14.4. The molecule has 1 aromatic heterocycles. The van der Waals surface area contributed by atoms with Gasteiger partial charge in [-0.25, -0.2) is 4.39 Å². The number of rotatable bonds is 4. The quantitative estimate of drug-likeness (QED) is 0.844. The van der Waals surface area contributed by atoms with E-state index >= 15 is 0 Å². The highest BCUT2D eigenvalue weighted by Crippen LogP contribution is 2.29. The summed E-state index contributed by atoms with van der Waals surface area (Å²) in [6, 6.07) is 3.33. The number of methoxy groups -OCH3 is 1. The van der Waals surface area contributed by atoms with E-state index in [1.54, 1.807) is 4.90 Å². The third-order valence-electron chi connectivity index (χ3n) is 4.02. The summed E-state index contributed by atoms with van der Waals surface area (Å²) in [4.78, 5) is 14.5. The van der Waals surface area contributed by atoms with Crippen LogP contribution in [0.15, 0.2) is 22.6 Å². The van der Waals surface area contributed by atoms with E-state index in [0.29, 0.717) is 30.7 Å². The van der Waals surface area contributed by atoms with Gasteiger partial charge in [-0.15, -0.1) is 10.2 Å². The highest BCUT2D eigenvalue weighted by Gasteiger charge is 2.34. The summed E-state index contributed by atoms with van der Waals surface area (Å²) in [6.45, 7) is 4.83. The Balaban J connectivity index is 1.92. The number of carbonyl (C=O) groups excluding carboxylic acids is 1. The smallest absolute Gasteiger partial charge is 0.258 e. The van der Waals surface area contributed by atoms with Crippen LogP contribution < -0.4 is 4.74 Å². The Morgan fingerprint density at radius 2 is 2.20 bits per heavy atom. The second kappa shape index (κ2) is 7.18. The molecule has 0 N–H and O–H groups in total. The first-order valence-corrected chi connectivity index (χ1v) is 8.06. The van der Waals surface area contributed by atoms with Crippen molar-refractivity contribution < 1.29 is 23.1 Å². The molecule has 1 aliphatic rings. The lowest BCUT2D eigenvalue weighted by Gasteiger charge is -2.33. The van der Waals surface area contributed by atoms with E-state index in [0.717, 1.165) is 0 Å². The molecule has 1 amide bonds. The van der Waals surface area contributed by atoms with E-state index in [1.807, 2.05) is 13.8 Å². The molecule has 1 fully saturated rings. The molecule has 2 aromatic rings. The largest absolute Gasteiger partial charge is 0.496 e. The molecule has 7 nitrogen and oxygen atoms in total. The van der Waals surface area contributed by atoms with Gasteiger partial charge in [0.1, 0.15) is 17.6 Å². The number of hydrogen-bond acceptors (Lipinski definition) is 6. The van der Waals surface area contributed by atoms with Gasteiger partial charge in [-0.05, 0) is 18.2 Å². The minimum atomic E-state index is -0.519. The Kier molecular flexibility index (Phi) is 4.98. The molecule has 1 saturated heterocycles. The Hall–Kier alpha value is -2.48. The summed E-state index contributed by atoms with van der Waals surface area (Å²) in [5.74, 6) is 0.328. The van der Waals surface area contributed by atoms with Crippen LogP contribution in [-0.2, 0) is 4.74 Å². The number of ether oxygens (including phenoxy) is 2. The van der Waals surface area contributed by atoms with Crippen molar-refractivity contribution >= 4 is 5.91 Å². The average molecular weight is 349 g/mol. The first-order chi connectivity index (χ1) is 12.0. The van der Waals surface area contributed by atoms with E-state index in [9.17, 15) is 9.18 Å². The number of carbonyl (C=O) groups is 1. The van der Waals surface area contributed by atoms with E-state index in [-0.39, 0.29) is 24.0 Å². The van der Waals surface area contributed by atoms with Crippen LogP contribution in [0.1, 0.15) is 47.9 Å². The van der Waals surface area contributed by atoms with Gasteiger partial charge in [0.05, 0.1) is 25.9 Å². The molecule has 0 saturated carbocycles. The molecule has 0 spiro atoms. The second-order valence-corrected chi connectivity index (χ2v) is 6.07. The van der Waals surface area contributed by atoms with Crippen LogP contribution in [0, 0.1) is 5.82 Å². The van der Waals surface area contributed by atoms with Gasteiger partial charge in [-0.3, -0.25) is 4.79 Å². The normalized spacial score (nSPS) is 17.8. The number of amides is 1. The Morgan fingerprint density at radius 1 is 1.40 bits per heavy atom. The summed E-state index contributed by atoms with van der Waals surface area (Å²) in [5.41, 5.74) is 0.151. The number of benzene rings is 1. The van der Waals surface area contributed by atoms with E-state index in [1.165, 1.54) is 25.3 Å². The highest BCUT2D eigenvalue weighted by atomic mass is 19.1. The van der Waals surface area contributed by atoms with E-state index < -0.39 is 11.9 Å². The fraction of sp³-hybridized carbons (Fsp3) is 0.471. The van der Waals surface area contributed by atoms with Crippen LogP contribution in [0.5, 0.6) is 5.75 Å². The lowest BCUT2D eigenvalue weighted by Crippen LogP contribution is -2.43. The van der Waals surface area contributed by atoms with Crippen LogP contribution in [0.25, 0.3) is 0 Å². The summed E-state index contributed by atoms with van der Waals surface area (Å²) >= 11 is 0. The molecule has 0 aliphatic carbocycles. The molecule has 134 valence electrons. The summed E-state index contributed by atoms with van der Waals surface area (Å²) in [5, 5.41) is 8.06. The van der Waals surface area contributed by atoms with Gasteiger partial charge in [0.25, 0.3) is 5.91 Å². The second-order valence-electron chi connectivity index (χ2n) is 6.07. The number of nitrogens with zero attached hydrogens (tertiary/aromatic N) is 3. The van der Waals surface area contributed by atoms with Crippen molar-refractivity contribution in [2.24, 2.45) is 0 Å². The molecule has 0 bridgehead atoms. The molecule has 8 heteroatoms. The van der Waals surface area contributed by atoms with Gasteiger partial charge in [0.2, 0.25) is 11.8 Å². The maximum Gasteiger partial charge on any atom is 0.258 e. The van der Waals surface area contributed by atoms with Crippen molar-refractivity contribution in [1.82, 2.24) is 15.1 Å². The van der Waals surface area contributed by atoms with Crippen molar-refractivity contribution in [2.45, 2.75) is 25.8 Å². The van der Waals surface area contributed by atoms with Gasteiger partial charge < -0.3 is 18.8 Å². The molecule has 25 heavy (non-hydrogen) atoms. The first-order valence-electron chi connectivity index (χ1n) is 8.06. The average Bonchev–Trinajstić information content (AvgIpc) is 3.11. The standard InChI is InChI=1S/C17H20FN3O4/c1-10(2)15-19-20-16(25-15)13-9-24-7-6-21(13)17(22)12-8-11(18)4-5-14(12)23-3/h4-5,8,10,13H,6-7,9H2,1-3H3. The lowest BCUT2D eigenvalue weighted by molar-refractivity contribution is -0.0109. The molecule has 3 rings (SSSR count). The number of morpholine rings is 1. The number of halogens is 1. The maximum atomic E-state index is 13.6. The fourth-order valence-corrected chi connectivity index (χ4v) is 2.67. The van der Waals surface area contributed by atoms with Crippen LogP contribution in [-0.4, -0.2) is 47.9 Å². The van der Waals surface area contributed by atoms with Gasteiger partial charge in [-0.2, -0.15) is 0 Å².